The summed E-state index contributed by atoms with van der Waals surface area (Å²) in [5.41, 5.74) is 0.941. The second kappa shape index (κ2) is 8.12. The number of halogens is 1. The van der Waals surface area contributed by atoms with Gasteiger partial charge in [-0.2, -0.15) is 0 Å². The number of hydrogen-bond acceptors (Lipinski definition) is 3. The molecule has 0 amide bonds. The van der Waals surface area contributed by atoms with Gasteiger partial charge in [-0.25, -0.2) is 0 Å². The molecule has 0 aliphatic carbocycles. The first kappa shape index (κ1) is 14.0. The normalized spacial score (nSPS) is 10.0. The Kier molecular flexibility index (Phi) is 6.70. The maximum absolute atomic E-state index is 11.2. The number of hydrogen-bond donors (Lipinski definition) is 0. The van der Waals surface area contributed by atoms with Crippen LogP contribution in [0.2, 0.25) is 0 Å². The molecule has 0 N–H and O–H groups in total. The number of rotatable bonds is 7. The first-order valence-electron chi connectivity index (χ1n) is 5.69. The van der Waals surface area contributed by atoms with E-state index < -0.39 is 0 Å². The quantitative estimate of drug-likeness (QED) is 0.441. The van der Waals surface area contributed by atoms with Gasteiger partial charge in [0.25, 0.3) is 0 Å². The molecular formula is C13H17BrO3. The van der Waals surface area contributed by atoms with E-state index >= 15 is 0 Å². The van der Waals surface area contributed by atoms with Crippen LogP contribution in [0.5, 0.6) is 5.75 Å². The molecule has 3 nitrogen and oxygen atoms in total. The molecule has 94 valence electrons. The van der Waals surface area contributed by atoms with Gasteiger partial charge in [0.1, 0.15) is 5.75 Å². The highest BCUT2D eigenvalue weighted by Crippen LogP contribution is 2.13. The minimum Gasteiger partial charge on any atom is -0.494 e. The Morgan fingerprint density at radius 3 is 2.59 bits per heavy atom. The zero-order chi connectivity index (χ0) is 12.5. The topological polar surface area (TPSA) is 35.5 Å². The molecule has 0 aliphatic rings. The van der Waals surface area contributed by atoms with E-state index in [1.807, 2.05) is 24.3 Å². The number of ether oxygens (including phenoxy) is 2. The van der Waals surface area contributed by atoms with Crippen LogP contribution in [0.3, 0.4) is 0 Å². The number of benzene rings is 1. The average Bonchev–Trinajstić information content (AvgIpc) is 2.32. The van der Waals surface area contributed by atoms with Gasteiger partial charge in [-0.1, -0.05) is 28.1 Å². The Morgan fingerprint density at radius 2 is 2.00 bits per heavy atom. The highest BCUT2D eigenvalue weighted by molar-refractivity contribution is 9.09. The van der Waals surface area contributed by atoms with Crippen molar-refractivity contribution in [2.75, 3.05) is 18.5 Å². The molecule has 0 atom stereocenters. The molecule has 0 bridgehead atoms. The fraction of sp³-hybridized carbons (Fsp3) is 0.462. The van der Waals surface area contributed by atoms with E-state index in [-0.39, 0.29) is 5.97 Å². The molecule has 0 radical (unpaired) electrons. The van der Waals surface area contributed by atoms with Crippen LogP contribution in [0.1, 0.15) is 18.9 Å². The van der Waals surface area contributed by atoms with Crippen LogP contribution >= 0.6 is 15.9 Å². The Balaban J connectivity index is 2.41. The van der Waals surface area contributed by atoms with Gasteiger partial charge in [0, 0.05) is 5.33 Å². The molecule has 0 spiro atoms. The molecule has 0 fully saturated rings. The van der Waals surface area contributed by atoms with Crippen molar-refractivity contribution in [2.24, 2.45) is 0 Å². The lowest BCUT2D eigenvalue weighted by Gasteiger charge is -2.06. The van der Waals surface area contributed by atoms with Gasteiger partial charge in [-0.15, -0.1) is 0 Å². The van der Waals surface area contributed by atoms with Gasteiger partial charge in [0.2, 0.25) is 0 Å². The van der Waals surface area contributed by atoms with Crippen LogP contribution in [0, 0.1) is 0 Å². The molecule has 0 saturated carbocycles. The van der Waals surface area contributed by atoms with Gasteiger partial charge in [-0.3, -0.25) is 4.79 Å². The fourth-order valence-corrected chi connectivity index (χ4v) is 1.56. The summed E-state index contributed by atoms with van der Waals surface area (Å²) >= 11 is 3.34. The number of esters is 1. The van der Waals surface area contributed by atoms with Gasteiger partial charge in [0.05, 0.1) is 19.6 Å². The van der Waals surface area contributed by atoms with Crippen LogP contribution < -0.4 is 4.74 Å². The lowest BCUT2D eigenvalue weighted by atomic mass is 10.1. The van der Waals surface area contributed by atoms with Crippen molar-refractivity contribution < 1.29 is 14.3 Å². The van der Waals surface area contributed by atoms with E-state index in [2.05, 4.69) is 15.9 Å². The van der Waals surface area contributed by atoms with Crippen molar-refractivity contribution in [1.82, 2.24) is 0 Å². The highest BCUT2D eigenvalue weighted by Gasteiger charge is 2.03. The molecule has 0 aliphatic heterocycles. The third kappa shape index (κ3) is 5.73. The SMILES string of the molecule is CCOC(=O)Cc1ccc(OCCCBr)cc1. The van der Waals surface area contributed by atoms with Crippen molar-refractivity contribution >= 4 is 21.9 Å². The number of alkyl halides is 1. The molecular weight excluding hydrogens is 284 g/mol. The molecule has 1 aromatic rings. The molecule has 17 heavy (non-hydrogen) atoms. The maximum Gasteiger partial charge on any atom is 0.310 e. The second-order valence-corrected chi connectivity index (χ2v) is 4.31. The first-order chi connectivity index (χ1) is 8.26. The third-order valence-corrected chi connectivity index (χ3v) is 2.68. The van der Waals surface area contributed by atoms with E-state index in [1.54, 1.807) is 6.92 Å². The Labute approximate surface area is 110 Å². The van der Waals surface area contributed by atoms with Gasteiger partial charge >= 0.3 is 5.97 Å². The summed E-state index contributed by atoms with van der Waals surface area (Å²) in [7, 11) is 0. The summed E-state index contributed by atoms with van der Waals surface area (Å²) in [5, 5.41) is 0.938. The molecule has 0 saturated heterocycles. The first-order valence-corrected chi connectivity index (χ1v) is 6.81. The Morgan fingerprint density at radius 1 is 1.29 bits per heavy atom. The maximum atomic E-state index is 11.2. The predicted molar refractivity (Wildman–Crippen MR) is 70.7 cm³/mol. The van der Waals surface area contributed by atoms with E-state index in [0.29, 0.717) is 19.6 Å². The van der Waals surface area contributed by atoms with Crippen molar-refractivity contribution in [3.63, 3.8) is 0 Å². The van der Waals surface area contributed by atoms with E-state index in [1.165, 1.54) is 0 Å². The standard InChI is InChI=1S/C13H17BrO3/c1-2-16-13(15)10-11-4-6-12(7-5-11)17-9-3-8-14/h4-7H,2-3,8-10H2,1H3. The summed E-state index contributed by atoms with van der Waals surface area (Å²) in [6, 6.07) is 7.53. The largest absolute Gasteiger partial charge is 0.494 e. The summed E-state index contributed by atoms with van der Waals surface area (Å²) in [4.78, 5) is 11.2. The summed E-state index contributed by atoms with van der Waals surface area (Å²) < 4.78 is 10.4. The Hall–Kier alpha value is -1.03. The van der Waals surface area contributed by atoms with Crippen LogP contribution in [-0.2, 0) is 16.0 Å². The molecule has 1 aromatic carbocycles. The number of carbonyl (C=O) groups excluding carboxylic acids is 1. The zero-order valence-corrected chi connectivity index (χ0v) is 11.5. The molecule has 4 heteroatoms. The van der Waals surface area contributed by atoms with E-state index in [4.69, 9.17) is 9.47 Å². The average molecular weight is 301 g/mol. The van der Waals surface area contributed by atoms with Crippen molar-refractivity contribution in [2.45, 2.75) is 19.8 Å². The van der Waals surface area contributed by atoms with Crippen LogP contribution in [0.25, 0.3) is 0 Å². The van der Waals surface area contributed by atoms with Crippen molar-refractivity contribution in [3.05, 3.63) is 29.8 Å². The minimum atomic E-state index is -0.194. The lowest BCUT2D eigenvalue weighted by Crippen LogP contribution is -2.07. The van der Waals surface area contributed by atoms with Crippen LogP contribution in [0.15, 0.2) is 24.3 Å². The van der Waals surface area contributed by atoms with Crippen molar-refractivity contribution in [1.29, 1.82) is 0 Å². The molecule has 1 rings (SSSR count). The van der Waals surface area contributed by atoms with Crippen LogP contribution in [-0.4, -0.2) is 24.5 Å². The summed E-state index contributed by atoms with van der Waals surface area (Å²) in [6.07, 6.45) is 1.29. The Bertz CT molecular complexity index is 335. The van der Waals surface area contributed by atoms with Gasteiger partial charge < -0.3 is 9.47 Å². The lowest BCUT2D eigenvalue weighted by molar-refractivity contribution is -0.142. The van der Waals surface area contributed by atoms with E-state index in [0.717, 1.165) is 23.1 Å². The third-order valence-electron chi connectivity index (χ3n) is 2.12. The van der Waals surface area contributed by atoms with Crippen LogP contribution in [0.4, 0.5) is 0 Å². The monoisotopic (exact) mass is 300 g/mol. The zero-order valence-electron chi connectivity index (χ0n) is 9.95. The minimum absolute atomic E-state index is 0.194. The number of carbonyl (C=O) groups is 1. The predicted octanol–water partition coefficient (Wildman–Crippen LogP) is 2.96. The fourth-order valence-electron chi connectivity index (χ4n) is 1.33. The second-order valence-electron chi connectivity index (χ2n) is 3.52. The molecule has 0 heterocycles. The van der Waals surface area contributed by atoms with Crippen molar-refractivity contribution in [3.8, 4) is 5.75 Å². The van der Waals surface area contributed by atoms with E-state index in [9.17, 15) is 4.79 Å². The van der Waals surface area contributed by atoms with Gasteiger partial charge in [0.15, 0.2) is 0 Å². The smallest absolute Gasteiger partial charge is 0.310 e. The van der Waals surface area contributed by atoms with Gasteiger partial charge in [-0.05, 0) is 31.0 Å². The summed E-state index contributed by atoms with van der Waals surface area (Å²) in [5.74, 6) is 0.638. The molecule has 0 aromatic heterocycles. The highest BCUT2D eigenvalue weighted by atomic mass is 79.9. The molecule has 0 unspecified atom stereocenters. The summed E-state index contributed by atoms with van der Waals surface area (Å²) in [6.45, 7) is 2.92.